The van der Waals surface area contributed by atoms with Gasteiger partial charge in [-0.25, -0.2) is 9.97 Å². The second kappa shape index (κ2) is 17.1. The first-order chi connectivity index (χ1) is 25.4. The fourth-order valence-corrected chi connectivity index (χ4v) is 7.32. The van der Waals surface area contributed by atoms with Crippen LogP contribution in [0.15, 0.2) is 73.1 Å². The molecule has 10 nitrogen and oxygen atoms in total. The van der Waals surface area contributed by atoms with E-state index in [0.29, 0.717) is 11.6 Å². The van der Waals surface area contributed by atoms with Gasteiger partial charge in [0.1, 0.15) is 11.5 Å². The Morgan fingerprint density at radius 1 is 0.846 bits per heavy atom. The van der Waals surface area contributed by atoms with Gasteiger partial charge in [-0.05, 0) is 99.0 Å². The van der Waals surface area contributed by atoms with E-state index in [1.807, 2.05) is 42.6 Å². The van der Waals surface area contributed by atoms with Gasteiger partial charge in [-0.3, -0.25) is 9.69 Å². The minimum atomic E-state index is -0.222. The predicted molar refractivity (Wildman–Crippen MR) is 207 cm³/mol. The van der Waals surface area contributed by atoms with E-state index < -0.39 is 0 Å². The van der Waals surface area contributed by atoms with Crippen LogP contribution in [0.2, 0.25) is 0 Å². The number of aliphatic hydroxyl groups excluding tert-OH is 1. The van der Waals surface area contributed by atoms with E-state index in [2.05, 4.69) is 73.9 Å². The number of carbonyl (C=O) groups is 1. The fourth-order valence-electron chi connectivity index (χ4n) is 7.32. The summed E-state index contributed by atoms with van der Waals surface area (Å²) < 4.78 is 0. The van der Waals surface area contributed by atoms with E-state index in [1.54, 1.807) is 6.20 Å². The van der Waals surface area contributed by atoms with Crippen LogP contribution in [0.1, 0.15) is 74.6 Å². The molecule has 1 saturated heterocycles. The van der Waals surface area contributed by atoms with Gasteiger partial charge in [-0.2, -0.15) is 4.98 Å². The maximum absolute atomic E-state index is 12.7. The lowest BCUT2D eigenvalue weighted by Gasteiger charge is -2.32. The minimum absolute atomic E-state index is 0.0917. The zero-order valence-corrected chi connectivity index (χ0v) is 30.2. The van der Waals surface area contributed by atoms with Crippen molar-refractivity contribution < 1.29 is 9.90 Å². The van der Waals surface area contributed by atoms with Crippen LogP contribution in [-0.2, 0) is 11.3 Å². The van der Waals surface area contributed by atoms with Crippen molar-refractivity contribution in [2.75, 3.05) is 49.2 Å². The summed E-state index contributed by atoms with van der Waals surface area (Å²) in [7, 11) is 2.19. The number of pyridine rings is 1. The van der Waals surface area contributed by atoms with Gasteiger partial charge >= 0.3 is 0 Å². The number of piperazine rings is 1. The Bertz CT molecular complexity index is 1850. The molecule has 0 bridgehead atoms. The maximum atomic E-state index is 12.7. The number of carbonyl (C=O) groups excluding carboxylic acids is 1. The van der Waals surface area contributed by atoms with Gasteiger partial charge in [-0.15, -0.1) is 0 Å². The number of benzene rings is 2. The van der Waals surface area contributed by atoms with Crippen molar-refractivity contribution in [3.63, 3.8) is 0 Å². The van der Waals surface area contributed by atoms with E-state index in [0.717, 1.165) is 118 Å². The molecule has 2 aromatic heterocycles. The topological polar surface area (TPSA) is 119 Å². The van der Waals surface area contributed by atoms with Crippen LogP contribution >= 0.6 is 0 Å². The minimum Gasteiger partial charge on any atom is -0.393 e. The Balaban J connectivity index is 1.02. The molecule has 4 aromatic rings. The highest BCUT2D eigenvalue weighted by atomic mass is 16.3. The molecule has 0 spiro atoms. The summed E-state index contributed by atoms with van der Waals surface area (Å²) in [5.41, 5.74) is 6.37. The Morgan fingerprint density at radius 2 is 1.60 bits per heavy atom. The normalized spacial score (nSPS) is 20.0. The standard InChI is InChI=1S/C42H50N8O2/c1-49-23-25-50(26-24-49)29-31-7-12-32(13-8-31)39-28-44-42(48-40(39)45-34-17-19-38(51)20-18-34)47-35-14-9-30(10-15-35)11-16-36-27-37(21-22-43-36)46-41(52)33-5-3-2-4-6-33/h7-10,12-15,21-22,27-28,33-34,38,51H,2-6,17-20,23-26,29H2,1H3,(H,43,46,52)(H2,44,45,47,48). The van der Waals surface area contributed by atoms with Gasteiger partial charge < -0.3 is 26.0 Å². The second-order valence-electron chi connectivity index (χ2n) is 14.6. The van der Waals surface area contributed by atoms with E-state index >= 15 is 0 Å². The van der Waals surface area contributed by atoms with Crippen LogP contribution in [0.5, 0.6) is 0 Å². The molecule has 1 aliphatic heterocycles. The van der Waals surface area contributed by atoms with E-state index in [4.69, 9.17) is 9.97 Å². The van der Waals surface area contributed by atoms with E-state index in [-0.39, 0.29) is 24.0 Å². The van der Waals surface area contributed by atoms with E-state index in [9.17, 15) is 9.90 Å². The smallest absolute Gasteiger partial charge is 0.229 e. The summed E-state index contributed by atoms with van der Waals surface area (Å²) in [5, 5.41) is 20.2. The van der Waals surface area contributed by atoms with Crippen LogP contribution in [0, 0.1) is 17.8 Å². The van der Waals surface area contributed by atoms with Gasteiger partial charge in [0.25, 0.3) is 0 Å². The SMILES string of the molecule is CN1CCN(Cc2ccc(-c3cnc(Nc4ccc(C#Cc5cc(NC(=O)C6CCCCC6)ccn5)cc4)nc3NC3CCC(O)CC3)cc2)CC1. The Kier molecular flexibility index (Phi) is 11.7. The average Bonchev–Trinajstić information content (AvgIpc) is 3.17. The highest BCUT2D eigenvalue weighted by Gasteiger charge is 2.23. The molecular weight excluding hydrogens is 649 g/mol. The number of hydrogen-bond donors (Lipinski definition) is 4. The molecule has 3 aliphatic rings. The van der Waals surface area contributed by atoms with Gasteiger partial charge in [0.05, 0.1) is 6.10 Å². The number of rotatable bonds is 9. The first kappa shape index (κ1) is 35.6. The quantitative estimate of drug-likeness (QED) is 0.142. The number of aromatic nitrogens is 3. The molecule has 0 atom stereocenters. The lowest BCUT2D eigenvalue weighted by atomic mass is 9.88. The summed E-state index contributed by atoms with van der Waals surface area (Å²) in [4.78, 5) is 31.7. The number of nitrogens with one attached hydrogen (secondary N) is 3. The van der Waals surface area contributed by atoms with Gasteiger partial charge in [0, 0.05) is 79.6 Å². The van der Waals surface area contributed by atoms with Crippen LogP contribution in [0.3, 0.4) is 0 Å². The Labute approximate surface area is 307 Å². The van der Waals surface area contributed by atoms with Crippen molar-refractivity contribution in [2.24, 2.45) is 5.92 Å². The molecule has 270 valence electrons. The number of hydrogen-bond acceptors (Lipinski definition) is 9. The van der Waals surface area contributed by atoms with Crippen molar-refractivity contribution in [2.45, 2.75) is 76.5 Å². The van der Waals surface area contributed by atoms with Gasteiger partial charge in [0.15, 0.2) is 0 Å². The summed E-state index contributed by atoms with van der Waals surface area (Å²) in [6.07, 6.45) is 12.1. The molecule has 2 aliphatic carbocycles. The van der Waals surface area contributed by atoms with Gasteiger partial charge in [0.2, 0.25) is 11.9 Å². The molecule has 10 heteroatoms. The monoisotopic (exact) mass is 698 g/mol. The summed E-state index contributed by atoms with van der Waals surface area (Å²) in [6, 6.07) is 20.5. The molecule has 7 rings (SSSR count). The van der Waals surface area contributed by atoms with Crippen LogP contribution in [0.25, 0.3) is 11.1 Å². The number of amides is 1. The van der Waals surface area contributed by atoms with Crippen LogP contribution in [0.4, 0.5) is 23.1 Å². The second-order valence-corrected chi connectivity index (χ2v) is 14.6. The predicted octanol–water partition coefficient (Wildman–Crippen LogP) is 6.66. The highest BCUT2D eigenvalue weighted by Crippen LogP contribution is 2.31. The fraction of sp³-hybridized carbons (Fsp3) is 0.429. The maximum Gasteiger partial charge on any atom is 0.229 e. The number of nitrogens with zero attached hydrogens (tertiary/aromatic N) is 5. The van der Waals surface area contributed by atoms with Crippen LogP contribution < -0.4 is 16.0 Å². The highest BCUT2D eigenvalue weighted by molar-refractivity contribution is 5.92. The third-order valence-corrected chi connectivity index (χ3v) is 10.6. The largest absolute Gasteiger partial charge is 0.393 e. The van der Waals surface area contributed by atoms with Gasteiger partial charge in [-0.1, -0.05) is 49.4 Å². The number of anilines is 4. The van der Waals surface area contributed by atoms with Crippen molar-refractivity contribution in [3.8, 4) is 23.0 Å². The summed E-state index contributed by atoms with van der Waals surface area (Å²) in [5.74, 6) is 7.80. The number of likely N-dealkylation sites (N-methyl/N-ethyl adjacent to an activating group) is 1. The van der Waals surface area contributed by atoms with Crippen molar-refractivity contribution >= 4 is 29.0 Å². The molecule has 3 heterocycles. The van der Waals surface area contributed by atoms with Crippen molar-refractivity contribution in [1.82, 2.24) is 24.8 Å². The molecular formula is C42H50N8O2. The molecule has 4 N–H and O–H groups in total. The molecule has 0 radical (unpaired) electrons. The Morgan fingerprint density at radius 3 is 2.35 bits per heavy atom. The Hall–Kier alpha value is -4.82. The number of aliphatic hydroxyl groups is 1. The first-order valence-corrected chi connectivity index (χ1v) is 18.9. The lowest BCUT2D eigenvalue weighted by molar-refractivity contribution is -0.120. The molecule has 52 heavy (non-hydrogen) atoms. The first-order valence-electron chi connectivity index (χ1n) is 18.9. The summed E-state index contributed by atoms with van der Waals surface area (Å²) >= 11 is 0. The van der Waals surface area contributed by atoms with Crippen molar-refractivity contribution in [3.05, 3.63) is 89.9 Å². The molecule has 1 amide bonds. The summed E-state index contributed by atoms with van der Waals surface area (Å²) in [6.45, 7) is 5.36. The lowest BCUT2D eigenvalue weighted by Crippen LogP contribution is -2.43. The zero-order valence-electron chi connectivity index (χ0n) is 30.2. The molecule has 2 aromatic carbocycles. The third kappa shape index (κ3) is 9.73. The van der Waals surface area contributed by atoms with Crippen molar-refractivity contribution in [1.29, 1.82) is 0 Å². The average molecular weight is 699 g/mol. The zero-order chi connectivity index (χ0) is 35.7. The van der Waals surface area contributed by atoms with E-state index in [1.165, 1.54) is 12.0 Å². The molecule has 2 saturated carbocycles. The third-order valence-electron chi connectivity index (χ3n) is 10.6. The molecule has 3 fully saturated rings. The van der Waals surface area contributed by atoms with Crippen LogP contribution in [-0.4, -0.2) is 81.1 Å². The molecule has 0 unspecified atom stereocenters.